The largest absolute Gasteiger partial charge is 0.314 e. The summed E-state index contributed by atoms with van der Waals surface area (Å²) in [6.07, 6.45) is 8.49. The van der Waals surface area contributed by atoms with Crippen molar-refractivity contribution in [1.82, 2.24) is 10.3 Å². The molecule has 0 fully saturated rings. The molecule has 0 bridgehead atoms. The fourth-order valence-corrected chi connectivity index (χ4v) is 2.71. The van der Waals surface area contributed by atoms with E-state index < -0.39 is 9.84 Å². The zero-order valence-corrected chi connectivity index (χ0v) is 12.6. The van der Waals surface area contributed by atoms with Crippen molar-refractivity contribution in [3.63, 3.8) is 0 Å². The Morgan fingerprint density at radius 2 is 2.00 bits per heavy atom. The van der Waals surface area contributed by atoms with Gasteiger partial charge in [-0.15, -0.1) is 0 Å². The van der Waals surface area contributed by atoms with Crippen LogP contribution in [-0.2, 0) is 16.3 Å². The third-order valence-electron chi connectivity index (χ3n) is 2.98. The minimum Gasteiger partial charge on any atom is -0.314 e. The average Bonchev–Trinajstić information content (AvgIpc) is 2.35. The molecule has 0 aliphatic heterocycles. The van der Waals surface area contributed by atoms with Crippen molar-refractivity contribution in [2.75, 3.05) is 18.6 Å². The van der Waals surface area contributed by atoms with E-state index in [2.05, 4.69) is 17.2 Å². The van der Waals surface area contributed by atoms with Gasteiger partial charge in [-0.25, -0.2) is 8.42 Å². The summed E-state index contributed by atoms with van der Waals surface area (Å²) in [5, 5.41) is 3.49. The number of rotatable bonds is 9. The Hall–Kier alpha value is -0.940. The van der Waals surface area contributed by atoms with Gasteiger partial charge in [0.1, 0.15) is 9.84 Å². The number of hydrogen-bond acceptors (Lipinski definition) is 4. The molecule has 0 amide bonds. The molecule has 0 aromatic carbocycles. The van der Waals surface area contributed by atoms with Crippen LogP contribution in [0.15, 0.2) is 24.5 Å². The Bertz CT molecular complexity index is 446. The standard InChI is InChI=1S/C14H24N2O2S/c1-3-8-16-14(5-4-11-19(2,17)18)12-13-6-9-15-10-7-13/h6-7,9-10,14,16H,3-5,8,11-12H2,1-2H3. The van der Waals surface area contributed by atoms with E-state index in [1.165, 1.54) is 11.8 Å². The Morgan fingerprint density at radius 1 is 1.32 bits per heavy atom. The molecular formula is C14H24N2O2S. The third kappa shape index (κ3) is 7.95. The van der Waals surface area contributed by atoms with Gasteiger partial charge < -0.3 is 5.32 Å². The first-order valence-corrected chi connectivity index (χ1v) is 8.87. The second-order valence-electron chi connectivity index (χ2n) is 4.98. The molecule has 0 aliphatic carbocycles. The molecule has 0 radical (unpaired) electrons. The van der Waals surface area contributed by atoms with Crippen LogP contribution in [-0.4, -0.2) is 38.0 Å². The van der Waals surface area contributed by atoms with E-state index in [1.54, 1.807) is 12.4 Å². The van der Waals surface area contributed by atoms with Crippen LogP contribution < -0.4 is 5.32 Å². The predicted molar refractivity (Wildman–Crippen MR) is 79.0 cm³/mol. The molecule has 5 heteroatoms. The fourth-order valence-electron chi connectivity index (χ4n) is 2.02. The predicted octanol–water partition coefficient (Wildman–Crippen LogP) is 1.82. The molecule has 1 unspecified atom stereocenters. The van der Waals surface area contributed by atoms with Crippen molar-refractivity contribution in [2.45, 2.75) is 38.6 Å². The van der Waals surface area contributed by atoms with Gasteiger partial charge in [0.15, 0.2) is 0 Å². The van der Waals surface area contributed by atoms with Crippen molar-refractivity contribution >= 4 is 9.84 Å². The molecule has 0 saturated heterocycles. The maximum absolute atomic E-state index is 11.2. The van der Waals surface area contributed by atoms with Gasteiger partial charge in [-0.2, -0.15) is 0 Å². The molecule has 1 atom stereocenters. The highest BCUT2D eigenvalue weighted by molar-refractivity contribution is 7.90. The molecule has 1 rings (SSSR count). The van der Waals surface area contributed by atoms with E-state index in [9.17, 15) is 8.42 Å². The summed E-state index contributed by atoms with van der Waals surface area (Å²) in [7, 11) is -2.85. The lowest BCUT2D eigenvalue weighted by molar-refractivity contribution is 0.472. The highest BCUT2D eigenvalue weighted by Crippen LogP contribution is 2.08. The van der Waals surface area contributed by atoms with E-state index in [-0.39, 0.29) is 5.75 Å². The van der Waals surface area contributed by atoms with Crippen molar-refractivity contribution < 1.29 is 8.42 Å². The van der Waals surface area contributed by atoms with Gasteiger partial charge in [0.05, 0.1) is 0 Å². The summed E-state index contributed by atoms with van der Waals surface area (Å²) in [6.45, 7) is 3.10. The summed E-state index contributed by atoms with van der Waals surface area (Å²) in [5.41, 5.74) is 1.24. The molecule has 19 heavy (non-hydrogen) atoms. The molecule has 0 saturated carbocycles. The van der Waals surface area contributed by atoms with Crippen LogP contribution in [0.3, 0.4) is 0 Å². The Morgan fingerprint density at radius 3 is 2.58 bits per heavy atom. The summed E-state index contributed by atoms with van der Waals surface area (Å²) in [5.74, 6) is 0.271. The summed E-state index contributed by atoms with van der Waals surface area (Å²) in [6, 6.07) is 4.36. The monoisotopic (exact) mass is 284 g/mol. The van der Waals surface area contributed by atoms with Gasteiger partial charge in [0.25, 0.3) is 0 Å². The lowest BCUT2D eigenvalue weighted by atomic mass is 10.0. The van der Waals surface area contributed by atoms with Crippen molar-refractivity contribution in [3.05, 3.63) is 30.1 Å². The van der Waals surface area contributed by atoms with Gasteiger partial charge in [-0.05, 0) is 49.9 Å². The van der Waals surface area contributed by atoms with E-state index in [1.807, 2.05) is 12.1 Å². The smallest absolute Gasteiger partial charge is 0.147 e. The lowest BCUT2D eigenvalue weighted by Crippen LogP contribution is -2.32. The first-order chi connectivity index (χ1) is 9.01. The molecule has 1 aromatic rings. The zero-order chi connectivity index (χ0) is 14.1. The maximum atomic E-state index is 11.2. The van der Waals surface area contributed by atoms with Crippen LogP contribution in [0, 0.1) is 0 Å². The third-order valence-corrected chi connectivity index (χ3v) is 4.01. The zero-order valence-electron chi connectivity index (χ0n) is 11.8. The lowest BCUT2D eigenvalue weighted by Gasteiger charge is -2.18. The molecule has 0 aliphatic rings. The van der Waals surface area contributed by atoms with E-state index in [4.69, 9.17) is 0 Å². The van der Waals surface area contributed by atoms with Crippen molar-refractivity contribution in [3.8, 4) is 0 Å². The molecule has 1 N–H and O–H groups in total. The first kappa shape index (κ1) is 16.1. The SMILES string of the molecule is CCCNC(CCCS(C)(=O)=O)Cc1ccncc1. The highest BCUT2D eigenvalue weighted by Gasteiger charge is 2.10. The number of aromatic nitrogens is 1. The van der Waals surface area contributed by atoms with Gasteiger partial charge in [-0.3, -0.25) is 4.98 Å². The van der Waals surface area contributed by atoms with E-state index in [0.29, 0.717) is 12.5 Å². The Balaban J connectivity index is 2.47. The Labute approximate surface area is 116 Å². The maximum Gasteiger partial charge on any atom is 0.147 e. The van der Waals surface area contributed by atoms with Crippen LogP contribution in [0.4, 0.5) is 0 Å². The van der Waals surface area contributed by atoms with E-state index >= 15 is 0 Å². The van der Waals surface area contributed by atoms with Gasteiger partial charge >= 0.3 is 0 Å². The summed E-state index contributed by atoms with van der Waals surface area (Å²) in [4.78, 5) is 4.01. The fraction of sp³-hybridized carbons (Fsp3) is 0.643. The minimum atomic E-state index is -2.85. The Kier molecular flexibility index (Phi) is 7.02. The minimum absolute atomic E-state index is 0.271. The van der Waals surface area contributed by atoms with Crippen molar-refractivity contribution in [1.29, 1.82) is 0 Å². The van der Waals surface area contributed by atoms with Crippen LogP contribution >= 0.6 is 0 Å². The summed E-state index contributed by atoms with van der Waals surface area (Å²) < 4.78 is 22.3. The molecular weight excluding hydrogens is 260 g/mol. The van der Waals surface area contributed by atoms with Crippen LogP contribution in [0.25, 0.3) is 0 Å². The highest BCUT2D eigenvalue weighted by atomic mass is 32.2. The number of nitrogens with one attached hydrogen (secondary N) is 1. The topological polar surface area (TPSA) is 59.1 Å². The average molecular weight is 284 g/mol. The molecule has 1 heterocycles. The molecule has 108 valence electrons. The molecule has 1 aromatic heterocycles. The van der Waals surface area contributed by atoms with Crippen molar-refractivity contribution in [2.24, 2.45) is 0 Å². The number of hydrogen-bond donors (Lipinski definition) is 1. The van der Waals surface area contributed by atoms with Gasteiger partial charge in [0.2, 0.25) is 0 Å². The quantitative estimate of drug-likeness (QED) is 0.751. The first-order valence-electron chi connectivity index (χ1n) is 6.81. The number of pyridine rings is 1. The second-order valence-corrected chi connectivity index (χ2v) is 7.24. The number of nitrogens with zero attached hydrogens (tertiary/aromatic N) is 1. The number of sulfone groups is 1. The molecule has 4 nitrogen and oxygen atoms in total. The normalized spacial score (nSPS) is 13.4. The summed E-state index contributed by atoms with van der Waals surface area (Å²) >= 11 is 0. The van der Waals surface area contributed by atoms with Gasteiger partial charge in [-0.1, -0.05) is 6.92 Å². The van der Waals surface area contributed by atoms with Crippen LogP contribution in [0.1, 0.15) is 31.7 Å². The van der Waals surface area contributed by atoms with Gasteiger partial charge in [0, 0.05) is 30.4 Å². The second kappa shape index (κ2) is 8.27. The molecule has 0 spiro atoms. The van der Waals surface area contributed by atoms with E-state index in [0.717, 1.165) is 25.8 Å². The van der Waals surface area contributed by atoms with Crippen LogP contribution in [0.2, 0.25) is 0 Å². The van der Waals surface area contributed by atoms with Crippen LogP contribution in [0.5, 0.6) is 0 Å².